The molecular weight excluding hydrogens is 361 g/mol. The molecule has 3 rings (SSSR count). The summed E-state index contributed by atoms with van der Waals surface area (Å²) in [5.41, 5.74) is 0.866. The van der Waals surface area contributed by atoms with Crippen LogP contribution in [-0.2, 0) is 18.3 Å². The van der Waals surface area contributed by atoms with Gasteiger partial charge in [0.05, 0.1) is 5.56 Å². The zero-order chi connectivity index (χ0) is 20.3. The van der Waals surface area contributed by atoms with Gasteiger partial charge >= 0.3 is 0 Å². The Morgan fingerprint density at radius 1 is 1.32 bits per heavy atom. The Morgan fingerprint density at radius 3 is 2.68 bits per heavy atom. The molecule has 7 heteroatoms. The quantitative estimate of drug-likeness (QED) is 0.634. The predicted molar refractivity (Wildman–Crippen MR) is 101 cm³/mol. The molecule has 1 aromatic carbocycles. The van der Waals surface area contributed by atoms with Crippen LogP contribution in [0, 0.1) is 12.7 Å². The molecule has 1 amide bonds. The van der Waals surface area contributed by atoms with E-state index in [1.807, 2.05) is 0 Å². The molecule has 0 aliphatic rings. The number of nitrogens with one attached hydrogen (secondary N) is 1. The summed E-state index contributed by atoms with van der Waals surface area (Å²) < 4.78 is 21.6. The number of amides is 1. The number of Topliss-reactive ketones (excluding diaryl/α,β-unsaturated/α-hetero) is 1. The van der Waals surface area contributed by atoms with Crippen LogP contribution in [0.15, 0.2) is 47.1 Å². The lowest BCUT2D eigenvalue weighted by molar-refractivity contribution is -0.121. The fraction of sp³-hybridized carbons (Fsp3) is 0.286. The molecule has 28 heavy (non-hydrogen) atoms. The lowest BCUT2D eigenvalue weighted by atomic mass is 10.0. The Labute approximate surface area is 162 Å². The number of hydrogen-bond donors (Lipinski definition) is 1. The fourth-order valence-electron chi connectivity index (χ4n) is 3.13. The van der Waals surface area contributed by atoms with Crippen molar-refractivity contribution in [3.05, 3.63) is 77.0 Å². The van der Waals surface area contributed by atoms with Crippen LogP contribution in [0.2, 0.25) is 0 Å². The molecule has 0 saturated carbocycles. The monoisotopic (exact) mass is 383 g/mol. The van der Waals surface area contributed by atoms with Crippen molar-refractivity contribution >= 4 is 11.7 Å². The smallest absolute Gasteiger partial charge is 0.221 e. The van der Waals surface area contributed by atoms with E-state index in [0.717, 1.165) is 0 Å². The molecule has 6 nitrogen and oxygen atoms in total. The lowest BCUT2D eigenvalue weighted by Gasteiger charge is -2.19. The fourth-order valence-corrected chi connectivity index (χ4v) is 3.13. The largest absolute Gasteiger partial charge is 0.466 e. The van der Waals surface area contributed by atoms with Crippen molar-refractivity contribution in [3.63, 3.8) is 0 Å². The second-order valence-corrected chi connectivity index (χ2v) is 6.66. The summed E-state index contributed by atoms with van der Waals surface area (Å²) in [4.78, 5) is 28.4. The van der Waals surface area contributed by atoms with E-state index in [1.54, 1.807) is 55.2 Å². The summed E-state index contributed by atoms with van der Waals surface area (Å²) in [5.74, 6) is 0.883. The molecule has 0 aliphatic heterocycles. The Morgan fingerprint density at radius 2 is 2.07 bits per heavy atom. The van der Waals surface area contributed by atoms with Gasteiger partial charge in [-0.15, -0.1) is 0 Å². The van der Waals surface area contributed by atoms with Gasteiger partial charge in [-0.1, -0.05) is 18.2 Å². The Hall–Kier alpha value is -3.22. The van der Waals surface area contributed by atoms with Crippen molar-refractivity contribution in [1.82, 2.24) is 14.9 Å². The molecule has 0 aliphatic carbocycles. The SMILES string of the molecule is CC(=O)c1cc(CCC(=O)N[C@@H](c2ccccc2F)c2nccn2C)oc1C. The number of carbonyl (C=O) groups excluding carboxylic acids is 2. The van der Waals surface area contributed by atoms with Gasteiger partial charge < -0.3 is 14.3 Å². The van der Waals surface area contributed by atoms with Gasteiger partial charge in [0.15, 0.2) is 5.78 Å². The number of rotatable bonds is 7. The molecule has 1 N–H and O–H groups in total. The Kier molecular flexibility index (Phi) is 5.73. The first kappa shape index (κ1) is 19.5. The maximum absolute atomic E-state index is 14.4. The molecular formula is C21H22FN3O3. The van der Waals surface area contributed by atoms with E-state index in [1.165, 1.54) is 13.0 Å². The highest BCUT2D eigenvalue weighted by Crippen LogP contribution is 2.23. The Bertz CT molecular complexity index is 1010. The lowest BCUT2D eigenvalue weighted by Crippen LogP contribution is -2.31. The molecule has 0 bridgehead atoms. The summed E-state index contributed by atoms with van der Waals surface area (Å²) in [6.45, 7) is 3.19. The van der Waals surface area contributed by atoms with Crippen LogP contribution in [0.1, 0.15) is 52.7 Å². The number of aromatic nitrogens is 2. The van der Waals surface area contributed by atoms with E-state index in [9.17, 15) is 14.0 Å². The van der Waals surface area contributed by atoms with Crippen molar-refractivity contribution in [2.75, 3.05) is 0 Å². The number of nitrogens with zero attached hydrogens (tertiary/aromatic N) is 2. The first-order valence-electron chi connectivity index (χ1n) is 8.98. The summed E-state index contributed by atoms with van der Waals surface area (Å²) in [7, 11) is 1.79. The second-order valence-electron chi connectivity index (χ2n) is 6.66. The van der Waals surface area contributed by atoms with E-state index in [4.69, 9.17) is 4.42 Å². The summed E-state index contributed by atoms with van der Waals surface area (Å²) in [6, 6.07) is 7.26. The topological polar surface area (TPSA) is 77.1 Å². The number of furan rings is 1. The van der Waals surface area contributed by atoms with Crippen molar-refractivity contribution in [3.8, 4) is 0 Å². The van der Waals surface area contributed by atoms with Crippen LogP contribution in [0.5, 0.6) is 0 Å². The highest BCUT2D eigenvalue weighted by Gasteiger charge is 2.23. The van der Waals surface area contributed by atoms with E-state index >= 15 is 0 Å². The predicted octanol–water partition coefficient (Wildman–Crippen LogP) is 3.50. The number of hydrogen-bond acceptors (Lipinski definition) is 4. The number of aryl methyl sites for hydroxylation is 3. The second kappa shape index (κ2) is 8.21. The molecule has 2 heterocycles. The van der Waals surface area contributed by atoms with Gasteiger partial charge in [0.25, 0.3) is 0 Å². The third-order valence-corrected chi connectivity index (χ3v) is 4.58. The van der Waals surface area contributed by atoms with Crippen molar-refractivity contribution in [1.29, 1.82) is 0 Å². The zero-order valence-electron chi connectivity index (χ0n) is 16.0. The average molecular weight is 383 g/mol. The normalized spacial score (nSPS) is 12.0. The third-order valence-electron chi connectivity index (χ3n) is 4.58. The van der Waals surface area contributed by atoms with E-state index in [2.05, 4.69) is 10.3 Å². The number of halogens is 1. The third kappa shape index (κ3) is 4.19. The van der Waals surface area contributed by atoms with Gasteiger partial charge in [0, 0.05) is 37.8 Å². The first-order valence-corrected chi connectivity index (χ1v) is 8.98. The number of imidazole rings is 1. The average Bonchev–Trinajstić information content (AvgIpc) is 3.24. The number of ketones is 1. The summed E-state index contributed by atoms with van der Waals surface area (Å²) >= 11 is 0. The molecule has 3 aromatic rings. The van der Waals surface area contributed by atoms with Crippen molar-refractivity contribution in [2.45, 2.75) is 32.7 Å². The van der Waals surface area contributed by atoms with Gasteiger partial charge in [-0.3, -0.25) is 9.59 Å². The Balaban J connectivity index is 1.75. The van der Waals surface area contributed by atoms with Crippen LogP contribution in [-0.4, -0.2) is 21.2 Å². The minimum atomic E-state index is -0.709. The number of carbonyl (C=O) groups is 2. The molecule has 0 spiro atoms. The molecule has 1 atom stereocenters. The molecule has 0 saturated heterocycles. The van der Waals surface area contributed by atoms with E-state index in [0.29, 0.717) is 34.9 Å². The van der Waals surface area contributed by atoms with Crippen LogP contribution in [0.4, 0.5) is 4.39 Å². The summed E-state index contributed by atoms with van der Waals surface area (Å²) in [6.07, 6.45) is 3.82. The minimum Gasteiger partial charge on any atom is -0.466 e. The van der Waals surface area contributed by atoms with Gasteiger partial charge in [-0.2, -0.15) is 0 Å². The maximum Gasteiger partial charge on any atom is 0.221 e. The van der Waals surface area contributed by atoms with Crippen LogP contribution in [0.25, 0.3) is 0 Å². The maximum atomic E-state index is 14.4. The molecule has 0 fully saturated rings. The molecule has 2 aromatic heterocycles. The standard InChI is InChI=1S/C21H22FN3O3/c1-13(26)17-12-15(28-14(17)2)8-9-19(27)24-20(21-23-10-11-25(21)3)16-6-4-5-7-18(16)22/h4-7,10-12,20H,8-9H2,1-3H3,(H,24,27)/t20-/m0/s1. The molecule has 0 radical (unpaired) electrons. The van der Waals surface area contributed by atoms with Gasteiger partial charge in [0.2, 0.25) is 5.91 Å². The highest BCUT2D eigenvalue weighted by molar-refractivity contribution is 5.95. The molecule has 0 unspecified atom stereocenters. The first-order chi connectivity index (χ1) is 13.4. The van der Waals surface area contributed by atoms with Gasteiger partial charge in [-0.05, 0) is 26.0 Å². The zero-order valence-corrected chi connectivity index (χ0v) is 16.0. The van der Waals surface area contributed by atoms with Gasteiger partial charge in [-0.25, -0.2) is 9.37 Å². The van der Waals surface area contributed by atoms with Gasteiger partial charge in [0.1, 0.15) is 29.2 Å². The van der Waals surface area contributed by atoms with Crippen molar-refractivity contribution in [2.24, 2.45) is 7.05 Å². The van der Waals surface area contributed by atoms with Crippen molar-refractivity contribution < 1.29 is 18.4 Å². The number of benzene rings is 1. The molecule has 146 valence electrons. The highest BCUT2D eigenvalue weighted by atomic mass is 19.1. The minimum absolute atomic E-state index is 0.0775. The van der Waals surface area contributed by atoms with E-state index < -0.39 is 11.9 Å². The van der Waals surface area contributed by atoms with E-state index in [-0.39, 0.29) is 18.1 Å². The van der Waals surface area contributed by atoms with Crippen LogP contribution in [0.3, 0.4) is 0 Å². The van der Waals surface area contributed by atoms with Crippen LogP contribution >= 0.6 is 0 Å². The van der Waals surface area contributed by atoms with Crippen LogP contribution < -0.4 is 5.32 Å². The summed E-state index contributed by atoms with van der Waals surface area (Å²) in [5, 5.41) is 2.86.